The molecule has 1 aromatic carbocycles. The van der Waals surface area contributed by atoms with E-state index in [9.17, 15) is 5.26 Å². The number of morpholine rings is 1. The largest absolute Gasteiger partial charge is 0.379 e. The van der Waals surface area contributed by atoms with Crippen LogP contribution in [0.4, 0.5) is 0 Å². The standard InChI is InChI=1S/C15H20N2OS/c1-3-15(12-16,17-8-10-18-11-9-17)13-4-6-14(19-2)7-5-13/h4-7H,3,8-11H2,1-2H3. The maximum absolute atomic E-state index is 9.77. The van der Waals surface area contributed by atoms with Crippen LogP contribution in [0.3, 0.4) is 0 Å². The third-order valence-electron chi connectivity index (χ3n) is 3.82. The zero-order chi connectivity index (χ0) is 13.7. The van der Waals surface area contributed by atoms with Crippen LogP contribution in [0.1, 0.15) is 18.9 Å². The van der Waals surface area contributed by atoms with Gasteiger partial charge in [0.15, 0.2) is 0 Å². The van der Waals surface area contributed by atoms with Gasteiger partial charge in [-0.25, -0.2) is 0 Å². The molecular weight excluding hydrogens is 256 g/mol. The highest BCUT2D eigenvalue weighted by molar-refractivity contribution is 7.98. The second-order valence-corrected chi connectivity index (χ2v) is 5.53. The molecule has 1 aromatic rings. The molecule has 1 atom stereocenters. The molecule has 4 heteroatoms. The Balaban J connectivity index is 2.34. The number of ether oxygens (including phenoxy) is 1. The third kappa shape index (κ3) is 2.79. The number of thioether (sulfide) groups is 1. The lowest BCUT2D eigenvalue weighted by Crippen LogP contribution is -2.50. The predicted molar refractivity (Wildman–Crippen MR) is 78.2 cm³/mol. The van der Waals surface area contributed by atoms with E-state index in [1.807, 2.05) is 0 Å². The van der Waals surface area contributed by atoms with E-state index in [0.717, 1.165) is 25.1 Å². The van der Waals surface area contributed by atoms with Gasteiger partial charge in [-0.3, -0.25) is 4.90 Å². The van der Waals surface area contributed by atoms with Crippen LogP contribution >= 0.6 is 11.8 Å². The Morgan fingerprint density at radius 3 is 2.42 bits per heavy atom. The maximum Gasteiger partial charge on any atom is 0.134 e. The van der Waals surface area contributed by atoms with Crippen LogP contribution in [0.25, 0.3) is 0 Å². The number of nitriles is 1. The topological polar surface area (TPSA) is 36.3 Å². The van der Waals surface area contributed by atoms with Crippen molar-refractivity contribution in [2.75, 3.05) is 32.6 Å². The summed E-state index contributed by atoms with van der Waals surface area (Å²) in [7, 11) is 0. The van der Waals surface area contributed by atoms with Crippen molar-refractivity contribution in [2.45, 2.75) is 23.8 Å². The molecule has 0 aliphatic carbocycles. The fourth-order valence-corrected chi connectivity index (χ4v) is 3.04. The van der Waals surface area contributed by atoms with E-state index in [1.165, 1.54) is 4.90 Å². The zero-order valence-corrected chi connectivity index (χ0v) is 12.4. The average Bonchev–Trinajstić information content (AvgIpc) is 2.51. The molecular formula is C15H20N2OS. The van der Waals surface area contributed by atoms with Crippen LogP contribution in [0.15, 0.2) is 29.2 Å². The minimum absolute atomic E-state index is 0.513. The molecule has 0 amide bonds. The Labute approximate surface area is 119 Å². The summed E-state index contributed by atoms with van der Waals surface area (Å²) in [5.41, 5.74) is 0.581. The van der Waals surface area contributed by atoms with Crippen LogP contribution in [0, 0.1) is 11.3 Å². The van der Waals surface area contributed by atoms with E-state index in [2.05, 4.69) is 48.4 Å². The first-order valence-electron chi connectivity index (χ1n) is 6.65. The van der Waals surface area contributed by atoms with Crippen molar-refractivity contribution >= 4 is 11.8 Å². The summed E-state index contributed by atoms with van der Waals surface area (Å²) in [4.78, 5) is 3.48. The van der Waals surface area contributed by atoms with Crippen LogP contribution in [-0.2, 0) is 10.3 Å². The summed E-state index contributed by atoms with van der Waals surface area (Å²) in [6, 6.07) is 10.9. The number of hydrogen-bond donors (Lipinski definition) is 0. The van der Waals surface area contributed by atoms with Crippen molar-refractivity contribution in [2.24, 2.45) is 0 Å². The van der Waals surface area contributed by atoms with E-state index in [4.69, 9.17) is 4.74 Å². The Hall–Kier alpha value is -1.02. The second-order valence-electron chi connectivity index (χ2n) is 4.65. The molecule has 1 fully saturated rings. The average molecular weight is 276 g/mol. The maximum atomic E-state index is 9.77. The molecule has 1 saturated heterocycles. The minimum Gasteiger partial charge on any atom is -0.379 e. The Morgan fingerprint density at radius 2 is 1.95 bits per heavy atom. The molecule has 0 spiro atoms. The first kappa shape index (κ1) is 14.4. The number of nitrogens with zero attached hydrogens (tertiary/aromatic N) is 2. The third-order valence-corrected chi connectivity index (χ3v) is 4.56. The Bertz CT molecular complexity index is 448. The Kier molecular flexibility index (Phi) is 4.87. The second kappa shape index (κ2) is 6.42. The number of benzene rings is 1. The van der Waals surface area contributed by atoms with Crippen molar-refractivity contribution in [1.82, 2.24) is 4.90 Å². The van der Waals surface area contributed by atoms with Crippen molar-refractivity contribution in [3.8, 4) is 6.07 Å². The van der Waals surface area contributed by atoms with Gasteiger partial charge in [0.25, 0.3) is 0 Å². The summed E-state index contributed by atoms with van der Waals surface area (Å²) < 4.78 is 5.40. The first-order chi connectivity index (χ1) is 9.26. The van der Waals surface area contributed by atoms with Gasteiger partial charge >= 0.3 is 0 Å². The highest BCUT2D eigenvalue weighted by Crippen LogP contribution is 2.33. The van der Waals surface area contributed by atoms with Gasteiger partial charge in [0.1, 0.15) is 5.54 Å². The monoisotopic (exact) mass is 276 g/mol. The minimum atomic E-state index is -0.513. The van der Waals surface area contributed by atoms with E-state index in [-0.39, 0.29) is 0 Å². The van der Waals surface area contributed by atoms with E-state index < -0.39 is 5.54 Å². The molecule has 0 N–H and O–H groups in total. The lowest BCUT2D eigenvalue weighted by atomic mass is 9.86. The van der Waals surface area contributed by atoms with Gasteiger partial charge < -0.3 is 4.74 Å². The van der Waals surface area contributed by atoms with Gasteiger partial charge in [0.2, 0.25) is 0 Å². The fraction of sp³-hybridized carbons (Fsp3) is 0.533. The summed E-state index contributed by atoms with van der Waals surface area (Å²) in [5.74, 6) is 0. The van der Waals surface area contributed by atoms with E-state index >= 15 is 0 Å². The van der Waals surface area contributed by atoms with Crippen LogP contribution in [0.5, 0.6) is 0 Å². The number of hydrogen-bond acceptors (Lipinski definition) is 4. The van der Waals surface area contributed by atoms with E-state index in [1.54, 1.807) is 11.8 Å². The van der Waals surface area contributed by atoms with Crippen molar-refractivity contribution < 1.29 is 4.74 Å². The summed E-state index contributed by atoms with van der Waals surface area (Å²) >= 11 is 1.72. The van der Waals surface area contributed by atoms with Crippen LogP contribution < -0.4 is 0 Å². The SMILES string of the molecule is CCC(C#N)(c1ccc(SC)cc1)N1CCOCC1. The molecule has 2 rings (SSSR count). The van der Waals surface area contributed by atoms with Gasteiger partial charge in [0, 0.05) is 18.0 Å². The molecule has 0 saturated carbocycles. The smallest absolute Gasteiger partial charge is 0.134 e. The highest BCUT2D eigenvalue weighted by atomic mass is 32.2. The summed E-state index contributed by atoms with van der Waals surface area (Å²) in [6.45, 7) is 5.16. The molecule has 102 valence electrons. The molecule has 3 nitrogen and oxygen atoms in total. The molecule has 1 aliphatic heterocycles. The van der Waals surface area contributed by atoms with Crippen LogP contribution in [-0.4, -0.2) is 37.5 Å². The van der Waals surface area contributed by atoms with Gasteiger partial charge in [0.05, 0.1) is 19.3 Å². The van der Waals surface area contributed by atoms with Crippen molar-refractivity contribution in [3.05, 3.63) is 29.8 Å². The highest BCUT2D eigenvalue weighted by Gasteiger charge is 2.37. The Morgan fingerprint density at radius 1 is 1.32 bits per heavy atom. The van der Waals surface area contributed by atoms with E-state index in [0.29, 0.717) is 13.2 Å². The molecule has 0 bridgehead atoms. The molecule has 0 aromatic heterocycles. The van der Waals surface area contributed by atoms with Gasteiger partial charge in [-0.15, -0.1) is 11.8 Å². The quantitative estimate of drug-likeness (QED) is 0.792. The molecule has 1 aliphatic rings. The lowest BCUT2D eigenvalue weighted by molar-refractivity contribution is -0.00641. The lowest BCUT2D eigenvalue weighted by Gasteiger charge is -2.40. The summed E-state index contributed by atoms with van der Waals surface area (Å²) in [6.07, 6.45) is 2.86. The zero-order valence-electron chi connectivity index (χ0n) is 11.6. The molecule has 0 radical (unpaired) electrons. The van der Waals surface area contributed by atoms with Crippen LogP contribution in [0.2, 0.25) is 0 Å². The fourth-order valence-electron chi connectivity index (χ4n) is 2.64. The summed E-state index contributed by atoms with van der Waals surface area (Å²) in [5, 5.41) is 9.77. The number of rotatable bonds is 4. The predicted octanol–water partition coefficient (Wildman–Crippen LogP) is 2.87. The molecule has 1 unspecified atom stereocenters. The van der Waals surface area contributed by atoms with Crippen molar-refractivity contribution in [3.63, 3.8) is 0 Å². The normalized spacial score (nSPS) is 19.6. The first-order valence-corrected chi connectivity index (χ1v) is 7.88. The molecule has 1 heterocycles. The van der Waals surface area contributed by atoms with Gasteiger partial charge in [-0.2, -0.15) is 5.26 Å². The van der Waals surface area contributed by atoms with Gasteiger partial charge in [-0.1, -0.05) is 19.1 Å². The molecule has 19 heavy (non-hydrogen) atoms. The van der Waals surface area contributed by atoms with Gasteiger partial charge in [-0.05, 0) is 30.4 Å². The van der Waals surface area contributed by atoms with Crippen molar-refractivity contribution in [1.29, 1.82) is 5.26 Å².